The van der Waals surface area contributed by atoms with Gasteiger partial charge in [-0.3, -0.25) is 9.59 Å². The molecule has 1 unspecified atom stereocenters. The van der Waals surface area contributed by atoms with Gasteiger partial charge in [0, 0.05) is 24.4 Å². The van der Waals surface area contributed by atoms with Gasteiger partial charge in [-0.05, 0) is 73.6 Å². The second-order valence-corrected chi connectivity index (χ2v) is 9.50. The summed E-state index contributed by atoms with van der Waals surface area (Å²) in [6.07, 6.45) is 12.0. The van der Waals surface area contributed by atoms with Crippen LogP contribution in [0.1, 0.15) is 71.2 Å². The van der Waals surface area contributed by atoms with E-state index in [2.05, 4.69) is 22.8 Å². The molecule has 0 bridgehead atoms. The summed E-state index contributed by atoms with van der Waals surface area (Å²) >= 11 is 0. The normalized spacial score (nSPS) is 18.4. The highest BCUT2D eigenvalue weighted by Crippen LogP contribution is 2.32. The first-order chi connectivity index (χ1) is 18.0. The molecule has 0 saturated heterocycles. The first kappa shape index (κ1) is 24.6. The highest BCUT2D eigenvalue weighted by molar-refractivity contribution is 5.97. The van der Waals surface area contributed by atoms with Crippen LogP contribution in [0.2, 0.25) is 0 Å². The van der Waals surface area contributed by atoms with Gasteiger partial charge in [0.1, 0.15) is 11.6 Å². The molecule has 2 aliphatic rings. The zero-order chi connectivity index (χ0) is 25.8. The van der Waals surface area contributed by atoms with Gasteiger partial charge in [0.05, 0.1) is 22.8 Å². The van der Waals surface area contributed by atoms with Gasteiger partial charge in [-0.1, -0.05) is 30.4 Å². The molecule has 1 aromatic heterocycles. The van der Waals surface area contributed by atoms with Crippen molar-refractivity contribution in [2.24, 2.45) is 0 Å². The van der Waals surface area contributed by atoms with Crippen molar-refractivity contribution in [3.05, 3.63) is 88.9 Å². The molecular weight excluding hydrogens is 471 g/mol. The quantitative estimate of drug-likeness (QED) is 0.355. The third kappa shape index (κ3) is 5.69. The minimum atomic E-state index is -0.839. The van der Waals surface area contributed by atoms with Crippen LogP contribution in [-0.4, -0.2) is 33.5 Å². The highest BCUT2D eigenvalue weighted by Gasteiger charge is 2.23. The van der Waals surface area contributed by atoms with Crippen LogP contribution in [0.5, 0.6) is 0 Å². The Labute approximate surface area is 214 Å². The van der Waals surface area contributed by atoms with E-state index in [0.717, 1.165) is 42.5 Å². The number of carbonyl (C=O) groups is 2. The molecule has 1 amide bonds. The number of fused-ring (bicyclic) bond motifs is 2. The number of anilines is 1. The summed E-state index contributed by atoms with van der Waals surface area (Å²) in [5.41, 5.74) is 4.45. The number of carboxylic acids is 1. The van der Waals surface area contributed by atoms with E-state index in [1.807, 2.05) is 18.2 Å². The van der Waals surface area contributed by atoms with Crippen molar-refractivity contribution in [1.29, 1.82) is 0 Å². The summed E-state index contributed by atoms with van der Waals surface area (Å²) < 4.78 is 13.7. The van der Waals surface area contributed by atoms with Crippen LogP contribution in [0.25, 0.3) is 11.0 Å². The smallest absolute Gasteiger partial charge is 0.303 e. The lowest BCUT2D eigenvalue weighted by Crippen LogP contribution is -2.31. The molecule has 1 heterocycles. The van der Waals surface area contributed by atoms with Gasteiger partial charge in [0.15, 0.2) is 0 Å². The maximum Gasteiger partial charge on any atom is 0.303 e. The van der Waals surface area contributed by atoms with E-state index >= 15 is 0 Å². The molecule has 2 aliphatic carbocycles. The summed E-state index contributed by atoms with van der Waals surface area (Å²) in [6.45, 7) is 0.452. The van der Waals surface area contributed by atoms with Crippen LogP contribution >= 0.6 is 0 Å². The zero-order valence-corrected chi connectivity index (χ0v) is 20.4. The molecule has 0 saturated carbocycles. The molecule has 0 spiro atoms. The van der Waals surface area contributed by atoms with Crippen LogP contribution in [0.3, 0.4) is 0 Å². The Morgan fingerprint density at radius 1 is 1.08 bits per heavy atom. The fourth-order valence-corrected chi connectivity index (χ4v) is 5.00. The van der Waals surface area contributed by atoms with Crippen LogP contribution in [0, 0.1) is 5.82 Å². The number of carbonyl (C=O) groups excluding carboxylic acids is 1. The van der Waals surface area contributed by atoms with E-state index in [1.165, 1.54) is 6.07 Å². The maximum atomic E-state index is 13.7. The van der Waals surface area contributed by atoms with E-state index in [-0.39, 0.29) is 30.1 Å². The lowest BCUT2D eigenvalue weighted by molar-refractivity contribution is -0.137. The van der Waals surface area contributed by atoms with E-state index in [4.69, 9.17) is 15.1 Å². The summed E-state index contributed by atoms with van der Waals surface area (Å²) in [4.78, 5) is 33.8. The van der Waals surface area contributed by atoms with Gasteiger partial charge in [0.25, 0.3) is 5.91 Å². The van der Waals surface area contributed by atoms with Crippen LogP contribution in [0.15, 0.2) is 60.7 Å². The number of allylic oxidation sites excluding steroid dienone is 4. The number of carboxylic acid groups (broad SMARTS) is 1. The lowest BCUT2D eigenvalue weighted by atomic mass is 9.87. The minimum absolute atomic E-state index is 0.0584. The molecule has 5 rings (SSSR count). The first-order valence-corrected chi connectivity index (χ1v) is 12.7. The molecule has 0 aliphatic heterocycles. The van der Waals surface area contributed by atoms with Crippen molar-refractivity contribution < 1.29 is 19.1 Å². The highest BCUT2D eigenvalue weighted by atomic mass is 19.1. The van der Waals surface area contributed by atoms with Crippen molar-refractivity contribution in [2.75, 3.05) is 11.9 Å². The minimum Gasteiger partial charge on any atom is -0.481 e. The van der Waals surface area contributed by atoms with Crippen molar-refractivity contribution in [3.63, 3.8) is 0 Å². The zero-order valence-electron chi connectivity index (χ0n) is 20.4. The predicted molar refractivity (Wildman–Crippen MR) is 140 cm³/mol. The molecule has 8 heteroatoms. The van der Waals surface area contributed by atoms with Gasteiger partial charge in [-0.25, -0.2) is 14.4 Å². The number of benzene rings is 2. The predicted octanol–water partition coefficient (Wildman–Crippen LogP) is 5.45. The summed E-state index contributed by atoms with van der Waals surface area (Å²) in [5, 5.41) is 15.3. The van der Waals surface area contributed by atoms with E-state index in [1.54, 1.807) is 24.3 Å². The molecule has 2 aromatic carbocycles. The fourth-order valence-electron chi connectivity index (χ4n) is 5.00. The Hall–Kier alpha value is -4.07. The number of halogens is 1. The summed E-state index contributed by atoms with van der Waals surface area (Å²) in [6, 6.07) is 9.88. The third-order valence-electron chi connectivity index (χ3n) is 6.87. The number of aliphatic carboxylic acids is 1. The molecular formula is C29H29FN4O3. The number of rotatable bonds is 8. The fraction of sp³-hybridized carbons (Fsp3) is 0.310. The van der Waals surface area contributed by atoms with Gasteiger partial charge in [-0.15, -0.1) is 0 Å². The molecule has 3 aromatic rings. The molecule has 190 valence electrons. The standard InChI is InChI=1S/C29H29FN4O3/c30-21-12-13-22-19(16-21)8-4-9-23(22)34-29(37)20-11-14-24-25(17-20)33-28(31-15-5-10-26(35)36)27(32-24)18-6-2-1-3-7-18/h1-3,6,11-14,16-18,23H,4-5,7-10,15H2,(H,31,33)(H,34,37)(H,35,36)/t18?,23-/m1/s1. The Bertz CT molecular complexity index is 1400. The SMILES string of the molecule is O=C(O)CCCNc1nc2cc(C(=O)N[C@@H]3CCCc4cc(F)ccc43)ccc2nc1C1C=CC=CC1. The molecule has 3 N–H and O–H groups in total. The number of aromatic nitrogens is 2. The van der Waals surface area contributed by atoms with Crippen molar-refractivity contribution in [3.8, 4) is 0 Å². The van der Waals surface area contributed by atoms with Gasteiger partial charge < -0.3 is 15.7 Å². The number of aryl methyl sites for hydroxylation is 1. The van der Waals surface area contributed by atoms with Crippen molar-refractivity contribution in [1.82, 2.24) is 15.3 Å². The number of hydrogen-bond donors (Lipinski definition) is 3. The summed E-state index contributed by atoms with van der Waals surface area (Å²) in [5.74, 6) is -0.656. The number of nitrogens with one attached hydrogen (secondary N) is 2. The second kappa shape index (κ2) is 10.9. The van der Waals surface area contributed by atoms with Crippen LogP contribution < -0.4 is 10.6 Å². The van der Waals surface area contributed by atoms with Gasteiger partial charge in [0.2, 0.25) is 0 Å². The monoisotopic (exact) mass is 500 g/mol. The van der Waals surface area contributed by atoms with Crippen LogP contribution in [-0.2, 0) is 11.2 Å². The third-order valence-corrected chi connectivity index (χ3v) is 6.87. The molecule has 0 radical (unpaired) electrons. The average Bonchev–Trinajstić information content (AvgIpc) is 2.90. The number of nitrogens with zero attached hydrogens (tertiary/aromatic N) is 2. The second-order valence-electron chi connectivity index (χ2n) is 9.50. The molecule has 7 nitrogen and oxygen atoms in total. The Balaban J connectivity index is 1.40. The molecule has 2 atom stereocenters. The number of amides is 1. The van der Waals surface area contributed by atoms with Gasteiger partial charge >= 0.3 is 5.97 Å². The molecule has 37 heavy (non-hydrogen) atoms. The van der Waals surface area contributed by atoms with E-state index in [0.29, 0.717) is 35.4 Å². The maximum absolute atomic E-state index is 13.7. The van der Waals surface area contributed by atoms with Crippen molar-refractivity contribution >= 4 is 28.7 Å². The molecule has 0 fully saturated rings. The Morgan fingerprint density at radius 2 is 1.97 bits per heavy atom. The lowest BCUT2D eigenvalue weighted by Gasteiger charge is -2.26. The van der Waals surface area contributed by atoms with E-state index < -0.39 is 5.97 Å². The largest absolute Gasteiger partial charge is 0.481 e. The summed E-state index contributed by atoms with van der Waals surface area (Å²) in [7, 11) is 0. The van der Waals surface area contributed by atoms with Gasteiger partial charge in [-0.2, -0.15) is 0 Å². The van der Waals surface area contributed by atoms with Crippen LogP contribution in [0.4, 0.5) is 10.2 Å². The van der Waals surface area contributed by atoms with E-state index in [9.17, 15) is 14.0 Å². The first-order valence-electron chi connectivity index (χ1n) is 12.7. The Kier molecular flexibility index (Phi) is 7.25. The van der Waals surface area contributed by atoms with Crippen molar-refractivity contribution in [2.45, 2.75) is 50.5 Å². The topological polar surface area (TPSA) is 104 Å². The Morgan fingerprint density at radius 3 is 2.78 bits per heavy atom. The average molecular weight is 501 g/mol. The number of hydrogen-bond acceptors (Lipinski definition) is 5.